The Labute approximate surface area is 124 Å². The number of nitrogens with zero attached hydrogens (tertiary/aromatic N) is 3. The van der Waals surface area contributed by atoms with E-state index in [0.717, 1.165) is 11.1 Å². The van der Waals surface area contributed by atoms with Gasteiger partial charge >= 0.3 is 0 Å². The van der Waals surface area contributed by atoms with Crippen LogP contribution in [-0.2, 0) is 0 Å². The van der Waals surface area contributed by atoms with Crippen molar-refractivity contribution in [2.75, 3.05) is 0 Å². The van der Waals surface area contributed by atoms with E-state index in [2.05, 4.69) is 37.4 Å². The van der Waals surface area contributed by atoms with Crippen LogP contribution in [0.5, 0.6) is 0 Å². The van der Waals surface area contributed by atoms with Crippen LogP contribution in [-0.4, -0.2) is 14.8 Å². The third-order valence-electron chi connectivity index (χ3n) is 4.02. The SMILES string of the molecule is C=C(c1nc2n(n1)C(c1ccccc1)CC2F)C(C)(C)C. The van der Waals surface area contributed by atoms with Crippen molar-refractivity contribution in [1.29, 1.82) is 0 Å². The molecule has 2 heterocycles. The van der Waals surface area contributed by atoms with Crippen molar-refractivity contribution in [2.45, 2.75) is 39.4 Å². The van der Waals surface area contributed by atoms with Crippen LogP contribution in [0, 0.1) is 5.41 Å². The molecule has 0 bridgehead atoms. The Hall–Kier alpha value is -1.97. The van der Waals surface area contributed by atoms with Crippen molar-refractivity contribution in [3.63, 3.8) is 0 Å². The maximum Gasteiger partial charge on any atom is 0.177 e. The number of hydrogen-bond acceptors (Lipinski definition) is 2. The van der Waals surface area contributed by atoms with Crippen LogP contribution in [0.15, 0.2) is 36.9 Å². The molecular formula is C17H20FN3. The van der Waals surface area contributed by atoms with E-state index >= 15 is 0 Å². The second-order valence-electron chi connectivity index (χ2n) is 6.60. The molecule has 0 radical (unpaired) electrons. The summed E-state index contributed by atoms with van der Waals surface area (Å²) in [4.78, 5) is 4.39. The first-order valence-corrected chi connectivity index (χ1v) is 7.23. The Kier molecular flexibility index (Phi) is 3.19. The molecule has 1 aliphatic heterocycles. The van der Waals surface area contributed by atoms with Gasteiger partial charge in [0.15, 0.2) is 17.8 Å². The van der Waals surface area contributed by atoms with Crippen LogP contribution in [0.1, 0.15) is 56.6 Å². The number of allylic oxidation sites excluding steroid dienone is 1. The minimum Gasteiger partial charge on any atom is -0.239 e. The van der Waals surface area contributed by atoms with Crippen molar-refractivity contribution in [3.05, 3.63) is 54.1 Å². The fourth-order valence-electron chi connectivity index (χ4n) is 2.60. The van der Waals surface area contributed by atoms with Crippen molar-refractivity contribution in [2.24, 2.45) is 5.41 Å². The molecule has 3 nitrogen and oxygen atoms in total. The number of fused-ring (bicyclic) bond motifs is 1. The Bertz CT molecular complexity index is 667. The predicted molar refractivity (Wildman–Crippen MR) is 81.6 cm³/mol. The lowest BCUT2D eigenvalue weighted by Gasteiger charge is -2.19. The summed E-state index contributed by atoms with van der Waals surface area (Å²) in [5, 5.41) is 4.53. The van der Waals surface area contributed by atoms with Crippen molar-refractivity contribution < 1.29 is 4.39 Å². The zero-order valence-electron chi connectivity index (χ0n) is 12.7. The van der Waals surface area contributed by atoms with E-state index in [9.17, 15) is 4.39 Å². The molecular weight excluding hydrogens is 265 g/mol. The number of hydrogen-bond donors (Lipinski definition) is 0. The molecule has 21 heavy (non-hydrogen) atoms. The van der Waals surface area contributed by atoms with Gasteiger partial charge in [-0.2, -0.15) is 5.10 Å². The summed E-state index contributed by atoms with van der Waals surface area (Å²) in [6, 6.07) is 9.82. The number of rotatable bonds is 2. The van der Waals surface area contributed by atoms with E-state index in [1.165, 1.54) is 0 Å². The topological polar surface area (TPSA) is 30.7 Å². The third-order valence-corrected chi connectivity index (χ3v) is 4.02. The Morgan fingerprint density at radius 3 is 2.57 bits per heavy atom. The summed E-state index contributed by atoms with van der Waals surface area (Å²) in [5.74, 6) is 0.977. The van der Waals surface area contributed by atoms with Crippen molar-refractivity contribution in [3.8, 4) is 0 Å². The van der Waals surface area contributed by atoms with Crippen molar-refractivity contribution in [1.82, 2.24) is 14.8 Å². The molecule has 0 saturated heterocycles. The Balaban J connectivity index is 2.01. The normalized spacial score (nSPS) is 21.3. The molecule has 110 valence electrons. The predicted octanol–water partition coefficient (Wildman–Crippen LogP) is 4.34. The molecule has 0 saturated carbocycles. The quantitative estimate of drug-likeness (QED) is 0.821. The average molecular weight is 285 g/mol. The molecule has 0 amide bonds. The summed E-state index contributed by atoms with van der Waals surface area (Å²) in [7, 11) is 0. The minimum absolute atomic E-state index is 0.0785. The van der Waals surface area contributed by atoms with Crippen LogP contribution in [0.2, 0.25) is 0 Å². The summed E-state index contributed by atoms with van der Waals surface area (Å²) >= 11 is 0. The highest BCUT2D eigenvalue weighted by atomic mass is 19.1. The zero-order valence-corrected chi connectivity index (χ0v) is 12.7. The molecule has 0 aliphatic carbocycles. The maximum absolute atomic E-state index is 14.3. The van der Waals surface area contributed by atoms with Gasteiger partial charge < -0.3 is 0 Å². The molecule has 2 atom stereocenters. The standard InChI is InChI=1S/C17H20FN3/c1-11(17(2,3)4)15-19-16-13(18)10-14(21(16)20-15)12-8-6-5-7-9-12/h5-9,13-14H,1,10H2,2-4H3. The van der Waals surface area contributed by atoms with Gasteiger partial charge in [0, 0.05) is 6.42 Å². The second kappa shape index (κ2) is 4.79. The first kappa shape index (κ1) is 14.0. The van der Waals surface area contributed by atoms with Gasteiger partial charge in [0.2, 0.25) is 0 Å². The molecule has 4 heteroatoms. The van der Waals surface area contributed by atoms with Crippen LogP contribution < -0.4 is 0 Å². The van der Waals surface area contributed by atoms with Crippen LogP contribution in [0.25, 0.3) is 5.57 Å². The highest BCUT2D eigenvalue weighted by Crippen LogP contribution is 2.41. The van der Waals surface area contributed by atoms with Gasteiger partial charge in [-0.05, 0) is 16.6 Å². The first-order valence-electron chi connectivity index (χ1n) is 7.23. The van der Waals surface area contributed by atoms with E-state index in [-0.39, 0.29) is 11.5 Å². The number of benzene rings is 1. The van der Waals surface area contributed by atoms with E-state index in [1.54, 1.807) is 4.68 Å². The Morgan fingerprint density at radius 2 is 1.95 bits per heavy atom. The number of halogens is 1. The summed E-state index contributed by atoms with van der Waals surface area (Å²) < 4.78 is 16.0. The lowest BCUT2D eigenvalue weighted by molar-refractivity contribution is 0.328. The second-order valence-corrected chi connectivity index (χ2v) is 6.60. The fraction of sp³-hybridized carbons (Fsp3) is 0.412. The van der Waals surface area contributed by atoms with Gasteiger partial charge in [-0.15, -0.1) is 0 Å². The lowest BCUT2D eigenvalue weighted by Crippen LogP contribution is -2.11. The fourth-order valence-corrected chi connectivity index (χ4v) is 2.60. The molecule has 0 spiro atoms. The summed E-state index contributed by atoms with van der Waals surface area (Å²) in [6.45, 7) is 10.2. The molecule has 1 aliphatic rings. The van der Waals surface area contributed by atoms with Gasteiger partial charge in [-0.3, -0.25) is 0 Å². The summed E-state index contributed by atoms with van der Waals surface area (Å²) in [6.07, 6.45) is -0.661. The molecule has 1 aromatic carbocycles. The monoisotopic (exact) mass is 285 g/mol. The molecule has 0 fully saturated rings. The zero-order chi connectivity index (χ0) is 15.2. The van der Waals surface area contributed by atoms with Crippen LogP contribution >= 0.6 is 0 Å². The van der Waals surface area contributed by atoms with Gasteiger partial charge in [0.1, 0.15) is 0 Å². The van der Waals surface area contributed by atoms with Gasteiger partial charge in [0.25, 0.3) is 0 Å². The van der Waals surface area contributed by atoms with E-state index in [1.807, 2.05) is 30.3 Å². The van der Waals surface area contributed by atoms with E-state index in [0.29, 0.717) is 18.1 Å². The van der Waals surface area contributed by atoms with E-state index in [4.69, 9.17) is 0 Å². The number of aromatic nitrogens is 3. The highest BCUT2D eigenvalue weighted by Gasteiger charge is 2.36. The van der Waals surface area contributed by atoms with Gasteiger partial charge in [0.05, 0.1) is 6.04 Å². The smallest absolute Gasteiger partial charge is 0.177 e. The first-order chi connectivity index (χ1) is 9.88. The molecule has 2 unspecified atom stereocenters. The van der Waals surface area contributed by atoms with Crippen LogP contribution in [0.3, 0.4) is 0 Å². The molecule has 1 aromatic heterocycles. The van der Waals surface area contributed by atoms with Crippen LogP contribution in [0.4, 0.5) is 4.39 Å². The average Bonchev–Trinajstić information content (AvgIpc) is 2.99. The van der Waals surface area contributed by atoms with Crippen molar-refractivity contribution >= 4 is 5.57 Å². The van der Waals surface area contributed by atoms with Gasteiger partial charge in [-0.25, -0.2) is 14.1 Å². The lowest BCUT2D eigenvalue weighted by atomic mass is 9.87. The molecule has 3 rings (SSSR count). The highest BCUT2D eigenvalue weighted by molar-refractivity contribution is 5.61. The maximum atomic E-state index is 14.3. The van der Waals surface area contributed by atoms with Gasteiger partial charge in [-0.1, -0.05) is 57.7 Å². The Morgan fingerprint density at radius 1 is 1.29 bits per heavy atom. The molecule has 2 aromatic rings. The third kappa shape index (κ3) is 2.39. The summed E-state index contributed by atoms with van der Waals surface area (Å²) in [5.41, 5.74) is 1.77. The largest absolute Gasteiger partial charge is 0.239 e. The number of alkyl halides is 1. The van der Waals surface area contributed by atoms with E-state index < -0.39 is 6.17 Å². The molecule has 0 N–H and O–H groups in total. The minimum atomic E-state index is -1.07.